The van der Waals surface area contributed by atoms with E-state index in [-0.39, 0.29) is 48.3 Å². The van der Waals surface area contributed by atoms with Crippen LogP contribution in [0.3, 0.4) is 0 Å². The van der Waals surface area contributed by atoms with Crippen molar-refractivity contribution >= 4 is 23.4 Å². The summed E-state index contributed by atoms with van der Waals surface area (Å²) in [6.45, 7) is 7.21. The fourth-order valence-electron chi connectivity index (χ4n) is 5.02. The molecule has 1 aromatic carbocycles. The van der Waals surface area contributed by atoms with Gasteiger partial charge in [-0.1, -0.05) is 26.7 Å². The molecule has 194 valence electrons. The lowest BCUT2D eigenvalue weighted by Crippen LogP contribution is -2.50. The summed E-state index contributed by atoms with van der Waals surface area (Å²) in [5.74, 6) is 0.443. The van der Waals surface area contributed by atoms with E-state index in [2.05, 4.69) is 12.2 Å². The van der Waals surface area contributed by atoms with Gasteiger partial charge in [0.2, 0.25) is 11.8 Å². The van der Waals surface area contributed by atoms with E-state index in [1.807, 2.05) is 18.7 Å². The van der Waals surface area contributed by atoms with Gasteiger partial charge in [-0.05, 0) is 44.4 Å². The zero-order valence-electron chi connectivity index (χ0n) is 21.8. The fourth-order valence-corrected chi connectivity index (χ4v) is 5.02. The number of methoxy groups -OCH3 is 1. The first-order chi connectivity index (χ1) is 16.7. The smallest absolute Gasteiger partial charge is 0.257 e. The lowest BCUT2D eigenvalue weighted by molar-refractivity contribution is -0.139. The first-order valence-corrected chi connectivity index (χ1v) is 12.9. The molecule has 1 heterocycles. The van der Waals surface area contributed by atoms with Crippen molar-refractivity contribution in [2.75, 3.05) is 39.2 Å². The Bertz CT molecular complexity index is 899. The van der Waals surface area contributed by atoms with Crippen molar-refractivity contribution in [3.8, 4) is 5.75 Å². The molecule has 1 aromatic rings. The van der Waals surface area contributed by atoms with Gasteiger partial charge < -0.3 is 24.6 Å². The van der Waals surface area contributed by atoms with Crippen molar-refractivity contribution < 1.29 is 23.9 Å². The monoisotopic (exact) mass is 487 g/mol. The molecule has 3 atom stereocenters. The van der Waals surface area contributed by atoms with Crippen LogP contribution in [-0.4, -0.2) is 73.5 Å². The average Bonchev–Trinajstić information content (AvgIpc) is 3.38. The second kappa shape index (κ2) is 12.4. The molecule has 0 radical (unpaired) electrons. The first kappa shape index (κ1) is 27.0. The Hall–Kier alpha value is -2.61. The van der Waals surface area contributed by atoms with Crippen molar-refractivity contribution in [3.63, 3.8) is 0 Å². The molecule has 1 aliphatic heterocycles. The molecule has 3 amide bonds. The van der Waals surface area contributed by atoms with E-state index in [1.165, 1.54) is 0 Å². The molecule has 0 saturated heterocycles. The van der Waals surface area contributed by atoms with Crippen LogP contribution in [0.5, 0.6) is 5.75 Å². The van der Waals surface area contributed by atoms with Gasteiger partial charge in [-0.3, -0.25) is 14.4 Å². The molecule has 1 N–H and O–H groups in total. The maximum Gasteiger partial charge on any atom is 0.257 e. The van der Waals surface area contributed by atoms with Gasteiger partial charge in [-0.2, -0.15) is 0 Å². The van der Waals surface area contributed by atoms with E-state index in [1.54, 1.807) is 37.3 Å². The highest BCUT2D eigenvalue weighted by atomic mass is 16.5. The Balaban J connectivity index is 1.92. The number of nitrogens with one attached hydrogen (secondary N) is 1. The van der Waals surface area contributed by atoms with Crippen molar-refractivity contribution in [1.82, 2.24) is 9.80 Å². The van der Waals surface area contributed by atoms with Gasteiger partial charge in [0, 0.05) is 51.2 Å². The quantitative estimate of drug-likeness (QED) is 0.680. The Morgan fingerprint density at radius 3 is 2.54 bits per heavy atom. The summed E-state index contributed by atoms with van der Waals surface area (Å²) < 4.78 is 11.9. The lowest BCUT2D eigenvalue weighted by atomic mass is 9.99. The summed E-state index contributed by atoms with van der Waals surface area (Å²) in [7, 11) is 3.39. The summed E-state index contributed by atoms with van der Waals surface area (Å²) in [4.78, 5) is 42.6. The predicted octanol–water partition coefficient (Wildman–Crippen LogP) is 3.95. The zero-order valence-corrected chi connectivity index (χ0v) is 21.8. The number of anilines is 1. The third kappa shape index (κ3) is 6.75. The Morgan fingerprint density at radius 2 is 1.89 bits per heavy atom. The Kier molecular flexibility index (Phi) is 9.55. The summed E-state index contributed by atoms with van der Waals surface area (Å²) in [5, 5.41) is 2.86. The van der Waals surface area contributed by atoms with Crippen molar-refractivity contribution in [3.05, 3.63) is 23.8 Å². The number of likely N-dealkylation sites (N-methyl/N-ethyl adjacent to an activating group) is 1. The van der Waals surface area contributed by atoms with Gasteiger partial charge in [-0.15, -0.1) is 0 Å². The minimum absolute atomic E-state index is 0.0293. The SMILES string of the molecule is CCCC(=O)Nc1ccc2c(c1)C(=O)N(C)C[C@@H](OC)[C@H](C)CN(C(=O)C1CCCC1)[C@@H](C)CO2. The number of benzene rings is 1. The molecule has 1 fully saturated rings. The molecule has 35 heavy (non-hydrogen) atoms. The van der Waals surface area contributed by atoms with Gasteiger partial charge in [0.1, 0.15) is 12.4 Å². The highest BCUT2D eigenvalue weighted by Crippen LogP contribution is 2.30. The summed E-state index contributed by atoms with van der Waals surface area (Å²) >= 11 is 0. The molecule has 1 aliphatic carbocycles. The largest absolute Gasteiger partial charge is 0.491 e. The summed E-state index contributed by atoms with van der Waals surface area (Å²) in [6.07, 6.45) is 5.01. The summed E-state index contributed by atoms with van der Waals surface area (Å²) in [6, 6.07) is 4.98. The zero-order chi connectivity index (χ0) is 25.5. The van der Waals surface area contributed by atoms with E-state index < -0.39 is 0 Å². The first-order valence-electron chi connectivity index (χ1n) is 12.9. The number of fused-ring (bicyclic) bond motifs is 1. The van der Waals surface area contributed by atoms with Gasteiger partial charge in [0.05, 0.1) is 17.7 Å². The average molecular weight is 488 g/mol. The number of carbonyl (C=O) groups excluding carboxylic acids is 3. The molecule has 1 saturated carbocycles. The molecular formula is C27H41N3O5. The highest BCUT2D eigenvalue weighted by Gasteiger charge is 2.34. The normalized spacial score (nSPS) is 24.3. The second-order valence-corrected chi connectivity index (χ2v) is 10.1. The van der Waals surface area contributed by atoms with E-state index in [0.29, 0.717) is 36.5 Å². The van der Waals surface area contributed by atoms with Crippen LogP contribution in [-0.2, 0) is 14.3 Å². The third-order valence-corrected chi connectivity index (χ3v) is 7.19. The number of hydrogen-bond donors (Lipinski definition) is 1. The van der Waals surface area contributed by atoms with E-state index in [9.17, 15) is 14.4 Å². The van der Waals surface area contributed by atoms with Crippen molar-refractivity contribution in [1.29, 1.82) is 0 Å². The fraction of sp³-hybridized carbons (Fsp3) is 0.667. The van der Waals surface area contributed by atoms with Crippen LogP contribution in [0.2, 0.25) is 0 Å². The summed E-state index contributed by atoms with van der Waals surface area (Å²) in [5.41, 5.74) is 0.938. The molecule has 0 bridgehead atoms. The molecule has 2 aliphatic rings. The van der Waals surface area contributed by atoms with Crippen LogP contribution in [0.1, 0.15) is 69.7 Å². The Morgan fingerprint density at radius 1 is 1.17 bits per heavy atom. The number of ether oxygens (including phenoxy) is 2. The van der Waals surface area contributed by atoms with Gasteiger partial charge in [0.25, 0.3) is 5.91 Å². The van der Waals surface area contributed by atoms with Gasteiger partial charge in [-0.25, -0.2) is 0 Å². The molecule has 8 nitrogen and oxygen atoms in total. The van der Waals surface area contributed by atoms with Crippen LogP contribution in [0.25, 0.3) is 0 Å². The van der Waals surface area contributed by atoms with E-state index >= 15 is 0 Å². The van der Waals surface area contributed by atoms with E-state index in [4.69, 9.17) is 9.47 Å². The standard InChI is InChI=1S/C27H41N3O5/c1-6-9-25(31)28-21-12-13-23-22(14-21)27(33)29(4)16-24(34-5)18(2)15-30(19(3)17-35-23)26(32)20-10-7-8-11-20/h12-14,18-20,24H,6-11,15-17H2,1-5H3,(H,28,31)/t18-,19+,24-/m1/s1. The lowest BCUT2D eigenvalue weighted by Gasteiger charge is -2.37. The number of carbonyl (C=O) groups is 3. The minimum Gasteiger partial charge on any atom is -0.491 e. The van der Waals surface area contributed by atoms with Crippen molar-refractivity contribution in [2.45, 2.75) is 71.4 Å². The number of nitrogens with zero attached hydrogens (tertiary/aromatic N) is 2. The molecule has 0 spiro atoms. The van der Waals surface area contributed by atoms with E-state index in [0.717, 1.165) is 32.1 Å². The van der Waals surface area contributed by atoms with Crippen LogP contribution >= 0.6 is 0 Å². The molecule has 3 rings (SSSR count). The van der Waals surface area contributed by atoms with Gasteiger partial charge in [0.15, 0.2) is 0 Å². The van der Waals surface area contributed by atoms with Crippen LogP contribution in [0, 0.1) is 11.8 Å². The maximum absolute atomic E-state index is 13.5. The second-order valence-electron chi connectivity index (χ2n) is 10.1. The number of amides is 3. The molecule has 0 aromatic heterocycles. The number of hydrogen-bond acceptors (Lipinski definition) is 5. The van der Waals surface area contributed by atoms with Crippen LogP contribution in [0.15, 0.2) is 18.2 Å². The minimum atomic E-state index is -0.230. The molecule has 8 heteroatoms. The van der Waals surface area contributed by atoms with Gasteiger partial charge >= 0.3 is 0 Å². The van der Waals surface area contributed by atoms with Crippen molar-refractivity contribution in [2.24, 2.45) is 11.8 Å². The molecule has 0 unspecified atom stereocenters. The topological polar surface area (TPSA) is 88.2 Å². The third-order valence-electron chi connectivity index (χ3n) is 7.19. The molecular weight excluding hydrogens is 446 g/mol. The number of rotatable bonds is 5. The van der Waals surface area contributed by atoms with Crippen LogP contribution < -0.4 is 10.1 Å². The predicted molar refractivity (Wildman–Crippen MR) is 136 cm³/mol. The highest BCUT2D eigenvalue weighted by molar-refractivity contribution is 5.99. The Labute approximate surface area is 209 Å². The maximum atomic E-state index is 13.5. The van der Waals surface area contributed by atoms with Crippen LogP contribution in [0.4, 0.5) is 5.69 Å².